The molecule has 0 N–H and O–H groups in total. The zero-order chi connectivity index (χ0) is 9.97. The Hall–Kier alpha value is -1.09. The molecule has 0 unspecified atom stereocenters. The van der Waals surface area contributed by atoms with Crippen LogP contribution in [0.5, 0.6) is 0 Å². The van der Waals surface area contributed by atoms with Gasteiger partial charge in [-0.15, -0.1) is 0 Å². The predicted molar refractivity (Wildman–Crippen MR) is 53.2 cm³/mol. The van der Waals surface area contributed by atoms with Gasteiger partial charge in [0, 0.05) is 6.92 Å². The van der Waals surface area contributed by atoms with Gasteiger partial charge in [0.15, 0.2) is 11.5 Å². The Kier molecular flexibility index (Phi) is 2.68. The SMILES string of the molecule is CC(=O)c1ccc(CN2CCCC2)o1. The summed E-state index contributed by atoms with van der Waals surface area (Å²) in [5, 5.41) is 0. The van der Waals surface area contributed by atoms with Gasteiger partial charge in [-0.25, -0.2) is 0 Å². The summed E-state index contributed by atoms with van der Waals surface area (Å²) < 4.78 is 5.42. The van der Waals surface area contributed by atoms with Gasteiger partial charge in [-0.3, -0.25) is 9.69 Å². The summed E-state index contributed by atoms with van der Waals surface area (Å²) >= 11 is 0. The number of Topliss-reactive ketones (excluding diaryl/α,β-unsaturated/α-hetero) is 1. The molecule has 0 amide bonds. The Labute approximate surface area is 83.7 Å². The van der Waals surface area contributed by atoms with Crippen molar-refractivity contribution in [2.75, 3.05) is 13.1 Å². The second-order valence-corrected chi connectivity index (χ2v) is 3.81. The second-order valence-electron chi connectivity index (χ2n) is 3.81. The predicted octanol–water partition coefficient (Wildman–Crippen LogP) is 2.08. The molecule has 2 rings (SSSR count). The molecule has 0 atom stereocenters. The van der Waals surface area contributed by atoms with E-state index in [1.807, 2.05) is 6.07 Å². The number of hydrogen-bond acceptors (Lipinski definition) is 3. The summed E-state index contributed by atoms with van der Waals surface area (Å²) in [6.45, 7) is 4.66. The fourth-order valence-electron chi connectivity index (χ4n) is 1.81. The zero-order valence-electron chi connectivity index (χ0n) is 8.45. The van der Waals surface area contributed by atoms with Gasteiger partial charge in [0.05, 0.1) is 6.54 Å². The lowest BCUT2D eigenvalue weighted by Crippen LogP contribution is -2.17. The number of nitrogens with zero attached hydrogens (tertiary/aromatic N) is 1. The first kappa shape index (κ1) is 9.46. The van der Waals surface area contributed by atoms with Crippen LogP contribution < -0.4 is 0 Å². The van der Waals surface area contributed by atoms with Crippen LogP contribution in [0.2, 0.25) is 0 Å². The van der Waals surface area contributed by atoms with Gasteiger partial charge in [-0.05, 0) is 38.1 Å². The Morgan fingerprint density at radius 3 is 2.71 bits per heavy atom. The maximum Gasteiger partial charge on any atom is 0.194 e. The zero-order valence-corrected chi connectivity index (χ0v) is 8.45. The van der Waals surface area contributed by atoms with E-state index in [-0.39, 0.29) is 5.78 Å². The summed E-state index contributed by atoms with van der Waals surface area (Å²) in [5.41, 5.74) is 0. The maximum absolute atomic E-state index is 11.0. The lowest BCUT2D eigenvalue weighted by atomic mass is 10.3. The standard InChI is InChI=1S/C11H15NO2/c1-9(13)11-5-4-10(14-11)8-12-6-2-3-7-12/h4-5H,2-3,6-8H2,1H3. The van der Waals surface area contributed by atoms with Crippen LogP contribution in [0.3, 0.4) is 0 Å². The maximum atomic E-state index is 11.0. The highest BCUT2D eigenvalue weighted by Gasteiger charge is 2.14. The molecule has 14 heavy (non-hydrogen) atoms. The molecule has 0 bridgehead atoms. The number of likely N-dealkylation sites (tertiary alicyclic amines) is 1. The number of rotatable bonds is 3. The third-order valence-electron chi connectivity index (χ3n) is 2.59. The van der Waals surface area contributed by atoms with Crippen molar-refractivity contribution < 1.29 is 9.21 Å². The molecule has 0 aromatic carbocycles. The van der Waals surface area contributed by atoms with Crippen LogP contribution in [-0.4, -0.2) is 23.8 Å². The number of ketones is 1. The van der Waals surface area contributed by atoms with Gasteiger partial charge in [-0.1, -0.05) is 0 Å². The average molecular weight is 193 g/mol. The molecular weight excluding hydrogens is 178 g/mol. The molecular formula is C11H15NO2. The number of carbonyl (C=O) groups excluding carboxylic acids is 1. The Balaban J connectivity index is 1.98. The second kappa shape index (κ2) is 3.96. The fraction of sp³-hybridized carbons (Fsp3) is 0.545. The van der Waals surface area contributed by atoms with Crippen molar-refractivity contribution in [3.63, 3.8) is 0 Å². The van der Waals surface area contributed by atoms with E-state index in [1.165, 1.54) is 19.8 Å². The van der Waals surface area contributed by atoms with Crippen molar-refractivity contribution in [2.24, 2.45) is 0 Å². The first-order valence-corrected chi connectivity index (χ1v) is 5.08. The highest BCUT2D eigenvalue weighted by Crippen LogP contribution is 2.15. The first-order valence-electron chi connectivity index (χ1n) is 5.08. The van der Waals surface area contributed by atoms with Crippen LogP contribution in [-0.2, 0) is 6.54 Å². The van der Waals surface area contributed by atoms with E-state index in [2.05, 4.69) is 4.90 Å². The van der Waals surface area contributed by atoms with Crippen molar-refractivity contribution in [3.05, 3.63) is 23.7 Å². The van der Waals surface area contributed by atoms with E-state index < -0.39 is 0 Å². The lowest BCUT2D eigenvalue weighted by molar-refractivity contribution is 0.0984. The van der Waals surface area contributed by atoms with Crippen LogP contribution in [0.15, 0.2) is 16.5 Å². The number of furan rings is 1. The summed E-state index contributed by atoms with van der Waals surface area (Å²) in [4.78, 5) is 13.3. The smallest absolute Gasteiger partial charge is 0.194 e. The fourth-order valence-corrected chi connectivity index (χ4v) is 1.81. The average Bonchev–Trinajstić information content (AvgIpc) is 2.75. The van der Waals surface area contributed by atoms with E-state index >= 15 is 0 Å². The molecule has 1 aromatic rings. The van der Waals surface area contributed by atoms with Gasteiger partial charge in [0.1, 0.15) is 5.76 Å². The Morgan fingerprint density at radius 1 is 1.43 bits per heavy atom. The largest absolute Gasteiger partial charge is 0.457 e. The molecule has 3 nitrogen and oxygen atoms in total. The van der Waals surface area contributed by atoms with Gasteiger partial charge >= 0.3 is 0 Å². The van der Waals surface area contributed by atoms with E-state index in [4.69, 9.17) is 4.42 Å². The molecule has 1 aliphatic heterocycles. The van der Waals surface area contributed by atoms with Crippen LogP contribution in [0.4, 0.5) is 0 Å². The Morgan fingerprint density at radius 2 is 2.14 bits per heavy atom. The van der Waals surface area contributed by atoms with Crippen molar-refractivity contribution in [1.82, 2.24) is 4.90 Å². The lowest BCUT2D eigenvalue weighted by Gasteiger charge is -2.11. The van der Waals surface area contributed by atoms with Crippen LogP contribution in [0.1, 0.15) is 36.1 Å². The summed E-state index contributed by atoms with van der Waals surface area (Å²) in [5.74, 6) is 1.37. The number of hydrogen-bond donors (Lipinski definition) is 0. The molecule has 76 valence electrons. The third kappa shape index (κ3) is 2.04. The number of carbonyl (C=O) groups is 1. The third-order valence-corrected chi connectivity index (χ3v) is 2.59. The molecule has 2 heterocycles. The highest BCUT2D eigenvalue weighted by atomic mass is 16.3. The Bertz CT molecular complexity index is 324. The molecule has 0 radical (unpaired) electrons. The van der Waals surface area contributed by atoms with Gasteiger partial charge < -0.3 is 4.42 Å². The van der Waals surface area contributed by atoms with Crippen molar-refractivity contribution in [2.45, 2.75) is 26.3 Å². The van der Waals surface area contributed by atoms with Crippen LogP contribution in [0.25, 0.3) is 0 Å². The van der Waals surface area contributed by atoms with Gasteiger partial charge in [0.2, 0.25) is 0 Å². The van der Waals surface area contributed by atoms with Gasteiger partial charge in [-0.2, -0.15) is 0 Å². The molecule has 1 aliphatic rings. The normalized spacial score (nSPS) is 17.5. The molecule has 1 saturated heterocycles. The quantitative estimate of drug-likeness (QED) is 0.689. The van der Waals surface area contributed by atoms with Crippen molar-refractivity contribution in [3.8, 4) is 0 Å². The van der Waals surface area contributed by atoms with E-state index in [0.29, 0.717) is 5.76 Å². The minimum absolute atomic E-state index is 0.00216. The monoisotopic (exact) mass is 193 g/mol. The van der Waals surface area contributed by atoms with Crippen LogP contribution in [0, 0.1) is 0 Å². The molecule has 1 fully saturated rings. The summed E-state index contributed by atoms with van der Waals surface area (Å²) in [6.07, 6.45) is 2.56. The van der Waals surface area contributed by atoms with E-state index in [0.717, 1.165) is 25.4 Å². The first-order chi connectivity index (χ1) is 6.75. The summed E-state index contributed by atoms with van der Waals surface area (Å²) in [6, 6.07) is 3.66. The van der Waals surface area contributed by atoms with Crippen LogP contribution >= 0.6 is 0 Å². The molecule has 0 spiro atoms. The molecule has 1 aromatic heterocycles. The van der Waals surface area contributed by atoms with Gasteiger partial charge in [0.25, 0.3) is 0 Å². The molecule has 0 saturated carbocycles. The van der Waals surface area contributed by atoms with E-state index in [1.54, 1.807) is 6.07 Å². The van der Waals surface area contributed by atoms with Crippen molar-refractivity contribution in [1.29, 1.82) is 0 Å². The minimum Gasteiger partial charge on any atom is -0.457 e. The molecule has 3 heteroatoms. The highest BCUT2D eigenvalue weighted by molar-refractivity contribution is 5.91. The van der Waals surface area contributed by atoms with E-state index in [9.17, 15) is 4.79 Å². The topological polar surface area (TPSA) is 33.5 Å². The molecule has 0 aliphatic carbocycles. The minimum atomic E-state index is -0.00216. The summed E-state index contributed by atoms with van der Waals surface area (Å²) in [7, 11) is 0. The van der Waals surface area contributed by atoms with Crippen molar-refractivity contribution >= 4 is 5.78 Å².